The van der Waals surface area contributed by atoms with E-state index in [1.165, 1.54) is 5.56 Å². The molecule has 0 aliphatic rings. The number of para-hydroxylation sites is 1. The van der Waals surface area contributed by atoms with E-state index in [-0.39, 0.29) is 6.04 Å². The number of rotatable bonds is 5. The van der Waals surface area contributed by atoms with Crippen molar-refractivity contribution in [3.05, 3.63) is 64.7 Å². The van der Waals surface area contributed by atoms with Crippen LogP contribution in [0.25, 0.3) is 0 Å². The number of aryl methyl sites for hydroxylation is 3. The Morgan fingerprint density at radius 3 is 2.24 bits per heavy atom. The Kier molecular flexibility index (Phi) is 6.34. The Balaban J connectivity index is 2.04. The minimum Gasteiger partial charge on any atom is -0.341 e. The second kappa shape index (κ2) is 8.47. The predicted octanol–water partition coefficient (Wildman–Crippen LogP) is 3.94. The molecule has 2 N–H and O–H groups in total. The zero-order chi connectivity index (χ0) is 18.4. The number of amides is 2. The van der Waals surface area contributed by atoms with Crippen LogP contribution in [0.3, 0.4) is 0 Å². The summed E-state index contributed by atoms with van der Waals surface area (Å²) in [6.07, 6.45) is 1.76. The SMILES string of the molecule is CCc1ccc(C(C)NC(=O)C(=O)Nc2c(C)cccc2CC)cc1. The van der Waals surface area contributed by atoms with Gasteiger partial charge in [-0.3, -0.25) is 9.59 Å². The van der Waals surface area contributed by atoms with Crippen LogP contribution in [0.5, 0.6) is 0 Å². The topological polar surface area (TPSA) is 58.2 Å². The van der Waals surface area contributed by atoms with E-state index in [1.807, 2.05) is 63.2 Å². The van der Waals surface area contributed by atoms with E-state index in [1.54, 1.807) is 0 Å². The summed E-state index contributed by atoms with van der Waals surface area (Å²) in [4.78, 5) is 24.5. The van der Waals surface area contributed by atoms with Gasteiger partial charge in [-0.05, 0) is 48.9 Å². The van der Waals surface area contributed by atoms with E-state index in [0.717, 1.165) is 35.2 Å². The molecule has 0 spiro atoms. The predicted molar refractivity (Wildman–Crippen MR) is 102 cm³/mol. The van der Waals surface area contributed by atoms with Gasteiger partial charge in [-0.1, -0.05) is 56.3 Å². The van der Waals surface area contributed by atoms with Crippen molar-refractivity contribution >= 4 is 17.5 Å². The van der Waals surface area contributed by atoms with Crippen molar-refractivity contribution < 1.29 is 9.59 Å². The van der Waals surface area contributed by atoms with Gasteiger partial charge in [0.25, 0.3) is 0 Å². The van der Waals surface area contributed by atoms with Crippen molar-refractivity contribution in [1.29, 1.82) is 0 Å². The third-order valence-corrected chi connectivity index (χ3v) is 4.42. The minimum absolute atomic E-state index is 0.230. The molecule has 1 atom stereocenters. The van der Waals surface area contributed by atoms with Gasteiger partial charge in [0.15, 0.2) is 0 Å². The van der Waals surface area contributed by atoms with Gasteiger partial charge >= 0.3 is 11.8 Å². The zero-order valence-corrected chi connectivity index (χ0v) is 15.3. The normalized spacial score (nSPS) is 11.7. The van der Waals surface area contributed by atoms with Gasteiger partial charge in [-0.25, -0.2) is 0 Å². The third kappa shape index (κ3) is 4.69. The minimum atomic E-state index is -0.638. The van der Waals surface area contributed by atoms with Gasteiger partial charge < -0.3 is 10.6 Å². The second-order valence-corrected chi connectivity index (χ2v) is 6.21. The molecule has 0 aliphatic heterocycles. The Morgan fingerprint density at radius 2 is 1.64 bits per heavy atom. The van der Waals surface area contributed by atoms with E-state index in [9.17, 15) is 9.59 Å². The summed E-state index contributed by atoms with van der Waals surface area (Å²) in [5.41, 5.74) is 4.91. The van der Waals surface area contributed by atoms with Gasteiger partial charge in [0.05, 0.1) is 6.04 Å². The Labute approximate surface area is 149 Å². The zero-order valence-electron chi connectivity index (χ0n) is 15.3. The summed E-state index contributed by atoms with van der Waals surface area (Å²) >= 11 is 0. The molecule has 0 radical (unpaired) electrons. The maximum atomic E-state index is 12.3. The molecule has 0 heterocycles. The lowest BCUT2D eigenvalue weighted by Crippen LogP contribution is -2.37. The van der Waals surface area contributed by atoms with Gasteiger partial charge in [0.1, 0.15) is 0 Å². The van der Waals surface area contributed by atoms with Gasteiger partial charge in [0, 0.05) is 5.69 Å². The quantitative estimate of drug-likeness (QED) is 0.812. The number of hydrogen-bond donors (Lipinski definition) is 2. The van der Waals surface area contributed by atoms with E-state index in [4.69, 9.17) is 0 Å². The molecule has 2 amide bonds. The summed E-state index contributed by atoms with van der Waals surface area (Å²) < 4.78 is 0. The van der Waals surface area contributed by atoms with Crippen LogP contribution in [0.2, 0.25) is 0 Å². The molecule has 2 rings (SSSR count). The highest BCUT2D eigenvalue weighted by atomic mass is 16.2. The van der Waals surface area contributed by atoms with E-state index in [2.05, 4.69) is 17.6 Å². The van der Waals surface area contributed by atoms with Gasteiger partial charge in [-0.15, -0.1) is 0 Å². The molecule has 132 valence electrons. The van der Waals surface area contributed by atoms with Crippen molar-refractivity contribution in [1.82, 2.24) is 5.32 Å². The van der Waals surface area contributed by atoms with E-state index < -0.39 is 11.8 Å². The fourth-order valence-electron chi connectivity index (χ4n) is 2.76. The monoisotopic (exact) mass is 338 g/mol. The average Bonchev–Trinajstić information content (AvgIpc) is 2.63. The smallest absolute Gasteiger partial charge is 0.313 e. The molecule has 0 saturated carbocycles. The van der Waals surface area contributed by atoms with E-state index >= 15 is 0 Å². The molecule has 0 bridgehead atoms. The summed E-state index contributed by atoms with van der Waals surface area (Å²) in [5, 5.41) is 5.51. The fraction of sp³-hybridized carbons (Fsp3) is 0.333. The lowest BCUT2D eigenvalue weighted by Gasteiger charge is -2.16. The van der Waals surface area contributed by atoms with Crippen molar-refractivity contribution in [3.8, 4) is 0 Å². The number of nitrogens with one attached hydrogen (secondary N) is 2. The van der Waals surface area contributed by atoms with Crippen LogP contribution in [0.1, 0.15) is 49.1 Å². The van der Waals surface area contributed by atoms with Crippen molar-refractivity contribution in [2.45, 2.75) is 46.6 Å². The highest BCUT2D eigenvalue weighted by Crippen LogP contribution is 2.21. The Hall–Kier alpha value is -2.62. The van der Waals surface area contributed by atoms with Crippen LogP contribution in [-0.2, 0) is 22.4 Å². The summed E-state index contributed by atoms with van der Waals surface area (Å²) in [6, 6.07) is 13.6. The molecular formula is C21H26N2O2. The average molecular weight is 338 g/mol. The molecule has 2 aromatic carbocycles. The molecule has 0 saturated heterocycles. The first-order valence-corrected chi connectivity index (χ1v) is 8.75. The first-order valence-electron chi connectivity index (χ1n) is 8.75. The van der Waals surface area contributed by atoms with Crippen LogP contribution in [0.15, 0.2) is 42.5 Å². The number of benzene rings is 2. The molecule has 2 aromatic rings. The fourth-order valence-corrected chi connectivity index (χ4v) is 2.76. The van der Waals surface area contributed by atoms with Crippen LogP contribution in [0.4, 0.5) is 5.69 Å². The van der Waals surface area contributed by atoms with Gasteiger partial charge in [0.2, 0.25) is 0 Å². The Morgan fingerprint density at radius 1 is 0.960 bits per heavy atom. The molecular weight excluding hydrogens is 312 g/mol. The van der Waals surface area contributed by atoms with Crippen LogP contribution in [0, 0.1) is 6.92 Å². The first kappa shape index (κ1) is 18.7. The van der Waals surface area contributed by atoms with E-state index in [0.29, 0.717) is 0 Å². The van der Waals surface area contributed by atoms with Crippen LogP contribution >= 0.6 is 0 Å². The van der Waals surface area contributed by atoms with Crippen molar-refractivity contribution in [3.63, 3.8) is 0 Å². The van der Waals surface area contributed by atoms with Crippen LogP contribution < -0.4 is 10.6 Å². The molecule has 25 heavy (non-hydrogen) atoms. The molecule has 1 unspecified atom stereocenters. The lowest BCUT2D eigenvalue weighted by molar-refractivity contribution is -0.136. The number of hydrogen-bond acceptors (Lipinski definition) is 2. The highest BCUT2D eigenvalue weighted by Gasteiger charge is 2.19. The standard InChI is InChI=1S/C21H26N2O2/c1-5-16-10-12-18(13-11-16)15(4)22-20(24)21(25)23-19-14(3)8-7-9-17(19)6-2/h7-13,15H,5-6H2,1-4H3,(H,22,24)(H,23,25). The third-order valence-electron chi connectivity index (χ3n) is 4.42. The lowest BCUT2D eigenvalue weighted by atomic mass is 10.0. The Bertz CT molecular complexity index is 751. The highest BCUT2D eigenvalue weighted by molar-refractivity contribution is 6.39. The van der Waals surface area contributed by atoms with Gasteiger partial charge in [-0.2, -0.15) is 0 Å². The maximum absolute atomic E-state index is 12.3. The second-order valence-electron chi connectivity index (χ2n) is 6.21. The van der Waals surface area contributed by atoms with Crippen molar-refractivity contribution in [2.24, 2.45) is 0 Å². The molecule has 0 aliphatic carbocycles. The molecule has 4 nitrogen and oxygen atoms in total. The maximum Gasteiger partial charge on any atom is 0.313 e. The number of anilines is 1. The summed E-state index contributed by atoms with van der Waals surface area (Å²) in [5.74, 6) is -1.27. The largest absolute Gasteiger partial charge is 0.341 e. The first-order chi connectivity index (χ1) is 12.0. The summed E-state index contributed by atoms with van der Waals surface area (Å²) in [7, 11) is 0. The van der Waals surface area contributed by atoms with Crippen molar-refractivity contribution in [2.75, 3.05) is 5.32 Å². The molecule has 0 fully saturated rings. The molecule has 4 heteroatoms. The number of carbonyl (C=O) groups is 2. The number of carbonyl (C=O) groups excluding carboxylic acids is 2. The van der Waals surface area contributed by atoms with Crippen LogP contribution in [-0.4, -0.2) is 11.8 Å². The summed E-state index contributed by atoms with van der Waals surface area (Å²) in [6.45, 7) is 7.91. The molecule has 0 aromatic heterocycles.